The molecule has 0 fully saturated rings. The van der Waals surface area contributed by atoms with Crippen LogP contribution in [-0.2, 0) is 16.0 Å². The van der Waals surface area contributed by atoms with Gasteiger partial charge in [-0.3, -0.25) is 4.79 Å². The Hall–Kier alpha value is -0.800. The molecule has 0 aromatic heterocycles. The number of rotatable bonds is 3. The Labute approximate surface area is 112 Å². The Bertz CT molecular complexity index is 454. The predicted octanol–water partition coefficient (Wildman–Crippen LogP) is 2.92. The van der Waals surface area contributed by atoms with Crippen LogP contribution in [0.4, 0.5) is 0 Å². The van der Waals surface area contributed by atoms with Crippen molar-refractivity contribution in [3.8, 4) is 6.07 Å². The van der Waals surface area contributed by atoms with Crippen LogP contribution in [0.1, 0.15) is 18.1 Å². The van der Waals surface area contributed by atoms with Crippen LogP contribution in [-0.4, -0.2) is 12.6 Å². The van der Waals surface area contributed by atoms with Gasteiger partial charge in [-0.2, -0.15) is 5.26 Å². The topological polar surface area (TPSA) is 50.1 Å². The van der Waals surface area contributed by atoms with Crippen molar-refractivity contribution in [1.82, 2.24) is 0 Å². The van der Waals surface area contributed by atoms with E-state index in [1.165, 1.54) is 0 Å². The first-order chi connectivity index (χ1) is 7.58. The van der Waals surface area contributed by atoms with E-state index in [-0.39, 0.29) is 12.4 Å². The highest BCUT2D eigenvalue weighted by Gasteiger charge is 2.11. The summed E-state index contributed by atoms with van der Waals surface area (Å²) in [5, 5.41) is 9.22. The summed E-state index contributed by atoms with van der Waals surface area (Å²) in [5.74, 6) is -0.315. The van der Waals surface area contributed by atoms with Gasteiger partial charge < -0.3 is 4.74 Å². The SMILES string of the molecule is CCOC(=O)Cc1cc(I)c(C#N)cc1Cl. The zero-order valence-electron chi connectivity index (χ0n) is 8.59. The van der Waals surface area contributed by atoms with Crippen molar-refractivity contribution in [2.45, 2.75) is 13.3 Å². The minimum atomic E-state index is -0.315. The molecule has 0 aliphatic carbocycles. The van der Waals surface area contributed by atoms with E-state index in [1.54, 1.807) is 19.1 Å². The van der Waals surface area contributed by atoms with E-state index in [0.717, 1.165) is 3.57 Å². The lowest BCUT2D eigenvalue weighted by Crippen LogP contribution is -2.08. The van der Waals surface area contributed by atoms with Crippen molar-refractivity contribution in [1.29, 1.82) is 5.26 Å². The smallest absolute Gasteiger partial charge is 0.310 e. The molecule has 1 rings (SSSR count). The highest BCUT2D eigenvalue weighted by Crippen LogP contribution is 2.23. The summed E-state index contributed by atoms with van der Waals surface area (Å²) < 4.78 is 5.61. The van der Waals surface area contributed by atoms with E-state index in [2.05, 4.69) is 0 Å². The average molecular weight is 350 g/mol. The van der Waals surface area contributed by atoms with E-state index in [0.29, 0.717) is 22.8 Å². The molecule has 3 nitrogen and oxygen atoms in total. The molecule has 0 amide bonds. The molecular formula is C11H9ClINO2. The van der Waals surface area contributed by atoms with Gasteiger partial charge in [0, 0.05) is 8.59 Å². The molecule has 0 saturated heterocycles. The van der Waals surface area contributed by atoms with Crippen LogP contribution in [0.2, 0.25) is 5.02 Å². The van der Waals surface area contributed by atoms with Gasteiger partial charge in [-0.05, 0) is 47.2 Å². The average Bonchev–Trinajstić information content (AvgIpc) is 2.23. The fourth-order valence-corrected chi connectivity index (χ4v) is 2.06. The molecule has 0 radical (unpaired) electrons. The fraction of sp³-hybridized carbons (Fsp3) is 0.273. The quantitative estimate of drug-likeness (QED) is 0.623. The second-order valence-corrected chi connectivity index (χ2v) is 4.59. The largest absolute Gasteiger partial charge is 0.466 e. The molecule has 0 aliphatic rings. The van der Waals surface area contributed by atoms with Gasteiger partial charge in [0.2, 0.25) is 0 Å². The van der Waals surface area contributed by atoms with Crippen LogP contribution in [0.15, 0.2) is 12.1 Å². The summed E-state index contributed by atoms with van der Waals surface area (Å²) in [6.45, 7) is 2.10. The normalized spacial score (nSPS) is 9.62. The van der Waals surface area contributed by atoms with Gasteiger partial charge in [0.25, 0.3) is 0 Å². The number of carbonyl (C=O) groups is 1. The minimum absolute atomic E-state index is 0.133. The second-order valence-electron chi connectivity index (χ2n) is 3.02. The number of hydrogen-bond donors (Lipinski definition) is 0. The highest BCUT2D eigenvalue weighted by atomic mass is 127. The molecule has 1 aromatic rings. The van der Waals surface area contributed by atoms with Gasteiger partial charge in [-0.1, -0.05) is 11.6 Å². The van der Waals surface area contributed by atoms with Gasteiger partial charge in [0.05, 0.1) is 18.6 Å². The van der Waals surface area contributed by atoms with E-state index >= 15 is 0 Å². The lowest BCUT2D eigenvalue weighted by Gasteiger charge is -2.06. The number of hydrogen-bond acceptors (Lipinski definition) is 3. The number of carbonyl (C=O) groups excluding carboxylic acids is 1. The molecule has 1 aromatic carbocycles. The van der Waals surface area contributed by atoms with Crippen LogP contribution in [0.25, 0.3) is 0 Å². The molecule has 0 saturated carbocycles. The monoisotopic (exact) mass is 349 g/mol. The summed E-state index contributed by atoms with van der Waals surface area (Å²) in [5.41, 5.74) is 1.20. The van der Waals surface area contributed by atoms with Gasteiger partial charge in [-0.15, -0.1) is 0 Å². The molecule has 0 N–H and O–H groups in total. The van der Waals surface area contributed by atoms with Crippen LogP contribution in [0.3, 0.4) is 0 Å². The lowest BCUT2D eigenvalue weighted by molar-refractivity contribution is -0.142. The van der Waals surface area contributed by atoms with Crippen LogP contribution in [0.5, 0.6) is 0 Å². The van der Waals surface area contributed by atoms with Crippen molar-refractivity contribution >= 4 is 40.2 Å². The number of nitriles is 1. The van der Waals surface area contributed by atoms with Gasteiger partial charge in [-0.25, -0.2) is 0 Å². The molecule has 0 aliphatic heterocycles. The van der Waals surface area contributed by atoms with E-state index < -0.39 is 0 Å². The molecule has 5 heteroatoms. The van der Waals surface area contributed by atoms with Crippen LogP contribution >= 0.6 is 34.2 Å². The summed E-state index contributed by atoms with van der Waals surface area (Å²) >= 11 is 8.00. The first-order valence-electron chi connectivity index (χ1n) is 4.62. The Morgan fingerprint density at radius 1 is 1.62 bits per heavy atom. The third-order valence-electron chi connectivity index (χ3n) is 1.90. The Balaban J connectivity index is 2.95. The third-order valence-corrected chi connectivity index (χ3v) is 3.14. The van der Waals surface area contributed by atoms with Crippen molar-refractivity contribution < 1.29 is 9.53 Å². The van der Waals surface area contributed by atoms with Gasteiger partial charge >= 0.3 is 5.97 Å². The first-order valence-corrected chi connectivity index (χ1v) is 6.07. The van der Waals surface area contributed by atoms with E-state index in [1.807, 2.05) is 28.7 Å². The minimum Gasteiger partial charge on any atom is -0.466 e. The maximum Gasteiger partial charge on any atom is 0.310 e. The first kappa shape index (κ1) is 13.3. The zero-order chi connectivity index (χ0) is 12.1. The van der Waals surface area contributed by atoms with Gasteiger partial charge in [0.1, 0.15) is 6.07 Å². The third kappa shape index (κ3) is 3.35. The summed E-state index contributed by atoms with van der Waals surface area (Å²) in [4.78, 5) is 11.3. The standard InChI is InChI=1S/C11H9ClINO2/c1-2-16-11(15)5-7-4-10(13)8(6-14)3-9(7)12/h3-4H,2,5H2,1H3. The predicted molar refractivity (Wildman–Crippen MR) is 69.2 cm³/mol. The number of esters is 1. The van der Waals surface area contributed by atoms with E-state index in [9.17, 15) is 4.79 Å². The molecule has 0 unspecified atom stereocenters. The Morgan fingerprint density at radius 3 is 2.88 bits per heavy atom. The molecule has 16 heavy (non-hydrogen) atoms. The summed E-state index contributed by atoms with van der Waals surface area (Å²) in [7, 11) is 0. The van der Waals surface area contributed by atoms with Crippen molar-refractivity contribution in [2.24, 2.45) is 0 Å². The molecule has 0 atom stereocenters. The molecule has 0 bridgehead atoms. The molecular weight excluding hydrogens is 340 g/mol. The Morgan fingerprint density at radius 2 is 2.31 bits per heavy atom. The zero-order valence-corrected chi connectivity index (χ0v) is 11.5. The van der Waals surface area contributed by atoms with Crippen LogP contribution < -0.4 is 0 Å². The Kier molecular flexibility index (Phi) is 5.03. The maximum absolute atomic E-state index is 11.3. The summed E-state index contributed by atoms with van der Waals surface area (Å²) in [6.07, 6.45) is 0.133. The number of benzene rings is 1. The summed E-state index contributed by atoms with van der Waals surface area (Å²) in [6, 6.07) is 5.34. The lowest BCUT2D eigenvalue weighted by atomic mass is 10.1. The maximum atomic E-state index is 11.3. The molecule has 0 spiro atoms. The van der Waals surface area contributed by atoms with E-state index in [4.69, 9.17) is 21.6 Å². The van der Waals surface area contributed by atoms with Crippen molar-refractivity contribution in [2.75, 3.05) is 6.61 Å². The van der Waals surface area contributed by atoms with Crippen LogP contribution in [0, 0.1) is 14.9 Å². The van der Waals surface area contributed by atoms with Gasteiger partial charge in [0.15, 0.2) is 0 Å². The van der Waals surface area contributed by atoms with Crippen molar-refractivity contribution in [3.63, 3.8) is 0 Å². The fourth-order valence-electron chi connectivity index (χ4n) is 1.18. The highest BCUT2D eigenvalue weighted by molar-refractivity contribution is 14.1. The number of ether oxygens (including phenoxy) is 1. The van der Waals surface area contributed by atoms with Crippen molar-refractivity contribution in [3.05, 3.63) is 31.9 Å². The number of halogens is 2. The number of nitrogens with zero attached hydrogens (tertiary/aromatic N) is 1. The molecule has 84 valence electrons. The molecule has 0 heterocycles. The second kappa shape index (κ2) is 6.06.